The maximum absolute atomic E-state index is 12.0. The molecular weight excluding hydrogens is 278 g/mol. The molecule has 0 unspecified atom stereocenters. The number of aryl methyl sites for hydroxylation is 2. The zero-order valence-electron chi connectivity index (χ0n) is 13.0. The number of nitrogens with zero attached hydrogens (tertiary/aromatic N) is 2. The molecule has 1 heterocycles. The van der Waals surface area contributed by atoms with Gasteiger partial charge in [0.1, 0.15) is 6.54 Å². The number of anilines is 1. The number of hydrogen-bond acceptors (Lipinski definition) is 3. The molecule has 0 aliphatic rings. The summed E-state index contributed by atoms with van der Waals surface area (Å²) in [6.07, 6.45) is 3.37. The van der Waals surface area contributed by atoms with E-state index >= 15 is 0 Å². The first-order chi connectivity index (χ1) is 10.6. The maximum atomic E-state index is 12.0. The van der Waals surface area contributed by atoms with Crippen molar-refractivity contribution in [3.63, 3.8) is 0 Å². The van der Waals surface area contributed by atoms with E-state index in [2.05, 4.69) is 17.3 Å². The highest BCUT2D eigenvalue weighted by molar-refractivity contribution is 5.90. The van der Waals surface area contributed by atoms with E-state index in [1.165, 1.54) is 16.3 Å². The molecule has 116 valence electrons. The minimum Gasteiger partial charge on any atom is -0.324 e. The van der Waals surface area contributed by atoms with Gasteiger partial charge in [-0.15, -0.1) is 0 Å². The number of unbranched alkanes of at least 4 members (excludes halogenated alkanes) is 1. The van der Waals surface area contributed by atoms with Crippen LogP contribution in [0.1, 0.15) is 31.0 Å². The van der Waals surface area contributed by atoms with E-state index in [1.807, 2.05) is 24.3 Å². The molecule has 5 heteroatoms. The lowest BCUT2D eigenvalue weighted by Crippen LogP contribution is -2.29. The van der Waals surface area contributed by atoms with Gasteiger partial charge in [0.2, 0.25) is 5.91 Å². The fourth-order valence-electron chi connectivity index (χ4n) is 2.14. The number of carbonyl (C=O) groups is 1. The first-order valence-corrected chi connectivity index (χ1v) is 7.52. The molecule has 1 amide bonds. The van der Waals surface area contributed by atoms with Gasteiger partial charge in [0.05, 0.1) is 5.69 Å². The van der Waals surface area contributed by atoms with E-state index in [4.69, 9.17) is 0 Å². The van der Waals surface area contributed by atoms with Crippen molar-refractivity contribution in [3.8, 4) is 0 Å². The molecule has 22 heavy (non-hydrogen) atoms. The van der Waals surface area contributed by atoms with Crippen LogP contribution >= 0.6 is 0 Å². The van der Waals surface area contributed by atoms with Gasteiger partial charge in [0.25, 0.3) is 5.56 Å². The summed E-state index contributed by atoms with van der Waals surface area (Å²) >= 11 is 0. The van der Waals surface area contributed by atoms with Crippen molar-refractivity contribution >= 4 is 11.6 Å². The Labute approximate surface area is 130 Å². The van der Waals surface area contributed by atoms with Gasteiger partial charge in [-0.05, 0) is 43.5 Å². The minimum atomic E-state index is -0.282. The highest BCUT2D eigenvalue weighted by atomic mass is 16.2. The summed E-state index contributed by atoms with van der Waals surface area (Å²) in [6.45, 7) is 3.86. The molecule has 0 spiro atoms. The third-order valence-corrected chi connectivity index (χ3v) is 3.35. The molecule has 2 aromatic rings. The lowest BCUT2D eigenvalue weighted by atomic mass is 10.1. The quantitative estimate of drug-likeness (QED) is 0.891. The number of amides is 1. The number of rotatable bonds is 6. The molecule has 1 aromatic heterocycles. The molecular formula is C17H21N3O2. The highest BCUT2D eigenvalue weighted by Gasteiger charge is 2.06. The van der Waals surface area contributed by atoms with Gasteiger partial charge < -0.3 is 5.32 Å². The molecule has 0 radical (unpaired) electrons. The van der Waals surface area contributed by atoms with Crippen molar-refractivity contribution in [2.75, 3.05) is 5.32 Å². The summed E-state index contributed by atoms with van der Waals surface area (Å²) in [5.74, 6) is -0.262. The van der Waals surface area contributed by atoms with Crippen molar-refractivity contribution in [2.24, 2.45) is 0 Å². The van der Waals surface area contributed by atoms with Crippen molar-refractivity contribution in [2.45, 2.75) is 39.7 Å². The van der Waals surface area contributed by atoms with E-state index in [1.54, 1.807) is 13.0 Å². The summed E-state index contributed by atoms with van der Waals surface area (Å²) in [5, 5.41) is 6.83. The minimum absolute atomic E-state index is 0.0852. The van der Waals surface area contributed by atoms with Gasteiger partial charge in [-0.3, -0.25) is 9.59 Å². The van der Waals surface area contributed by atoms with Crippen LogP contribution in [0.3, 0.4) is 0 Å². The Morgan fingerprint density at radius 1 is 1.18 bits per heavy atom. The van der Waals surface area contributed by atoms with E-state index < -0.39 is 0 Å². The first kappa shape index (κ1) is 15.9. The van der Waals surface area contributed by atoms with Gasteiger partial charge in [0, 0.05) is 11.8 Å². The Morgan fingerprint density at radius 2 is 1.91 bits per heavy atom. The standard InChI is InChI=1S/C17H21N3O2/c1-3-4-5-14-7-9-15(10-8-14)18-16(21)12-20-17(22)11-6-13(2)19-20/h6-11H,3-5,12H2,1-2H3,(H,18,21). The Morgan fingerprint density at radius 3 is 2.59 bits per heavy atom. The van der Waals surface area contributed by atoms with Gasteiger partial charge in [0.15, 0.2) is 0 Å². The second-order valence-corrected chi connectivity index (χ2v) is 5.32. The Kier molecular flexibility index (Phi) is 5.47. The van der Waals surface area contributed by atoms with Gasteiger partial charge in [-0.25, -0.2) is 4.68 Å². The number of hydrogen-bond donors (Lipinski definition) is 1. The van der Waals surface area contributed by atoms with E-state index in [0.29, 0.717) is 5.69 Å². The topological polar surface area (TPSA) is 64.0 Å². The zero-order chi connectivity index (χ0) is 15.9. The number of carbonyl (C=O) groups excluding carboxylic acids is 1. The first-order valence-electron chi connectivity index (χ1n) is 7.52. The number of nitrogens with one attached hydrogen (secondary N) is 1. The smallest absolute Gasteiger partial charge is 0.267 e. The van der Waals surface area contributed by atoms with Gasteiger partial charge in [-0.1, -0.05) is 25.5 Å². The molecule has 0 aliphatic carbocycles. The SMILES string of the molecule is CCCCc1ccc(NC(=O)Cn2nc(C)ccc2=O)cc1. The maximum Gasteiger partial charge on any atom is 0.267 e. The van der Waals surface area contributed by atoms with Crippen LogP contribution in [0.25, 0.3) is 0 Å². The summed E-state index contributed by atoms with van der Waals surface area (Å²) in [7, 11) is 0. The molecule has 2 rings (SSSR count). The third kappa shape index (κ3) is 4.55. The average molecular weight is 299 g/mol. The molecule has 1 N–H and O–H groups in total. The Bertz CT molecular complexity index is 690. The van der Waals surface area contributed by atoms with Crippen LogP contribution in [0.4, 0.5) is 5.69 Å². The molecule has 0 bridgehead atoms. The lowest BCUT2D eigenvalue weighted by Gasteiger charge is -2.08. The normalized spacial score (nSPS) is 10.5. The second kappa shape index (κ2) is 7.54. The molecule has 0 aliphatic heterocycles. The van der Waals surface area contributed by atoms with Gasteiger partial charge in [-0.2, -0.15) is 5.10 Å². The van der Waals surface area contributed by atoms with Crippen LogP contribution in [0.2, 0.25) is 0 Å². The molecule has 0 saturated heterocycles. The van der Waals surface area contributed by atoms with Crippen LogP contribution in [-0.4, -0.2) is 15.7 Å². The largest absolute Gasteiger partial charge is 0.324 e. The van der Waals surface area contributed by atoms with Crippen LogP contribution < -0.4 is 10.9 Å². The predicted octanol–water partition coefficient (Wildman–Crippen LogP) is 2.53. The molecule has 5 nitrogen and oxygen atoms in total. The predicted molar refractivity (Wildman–Crippen MR) is 86.9 cm³/mol. The zero-order valence-corrected chi connectivity index (χ0v) is 13.0. The van der Waals surface area contributed by atoms with Crippen molar-refractivity contribution in [3.05, 3.63) is 58.0 Å². The monoisotopic (exact) mass is 299 g/mol. The average Bonchev–Trinajstić information content (AvgIpc) is 2.50. The highest BCUT2D eigenvalue weighted by Crippen LogP contribution is 2.11. The summed E-state index contributed by atoms with van der Waals surface area (Å²) in [5.41, 5.74) is 2.41. The Hall–Kier alpha value is -2.43. The van der Waals surface area contributed by atoms with Crippen LogP contribution in [0.5, 0.6) is 0 Å². The summed E-state index contributed by atoms with van der Waals surface area (Å²) < 4.78 is 1.17. The Balaban J connectivity index is 1.97. The molecule has 0 saturated carbocycles. The molecule has 1 aromatic carbocycles. The van der Waals surface area contributed by atoms with Gasteiger partial charge >= 0.3 is 0 Å². The van der Waals surface area contributed by atoms with Crippen molar-refractivity contribution in [1.29, 1.82) is 0 Å². The van der Waals surface area contributed by atoms with E-state index in [0.717, 1.165) is 24.9 Å². The lowest BCUT2D eigenvalue weighted by molar-refractivity contribution is -0.117. The van der Waals surface area contributed by atoms with Crippen molar-refractivity contribution in [1.82, 2.24) is 9.78 Å². The fraction of sp³-hybridized carbons (Fsp3) is 0.353. The van der Waals surface area contributed by atoms with Crippen LogP contribution in [-0.2, 0) is 17.8 Å². The second-order valence-electron chi connectivity index (χ2n) is 5.32. The van der Waals surface area contributed by atoms with E-state index in [-0.39, 0.29) is 18.0 Å². The summed E-state index contributed by atoms with van der Waals surface area (Å²) in [4.78, 5) is 23.6. The van der Waals surface area contributed by atoms with Crippen molar-refractivity contribution < 1.29 is 4.79 Å². The van der Waals surface area contributed by atoms with Crippen LogP contribution in [0, 0.1) is 6.92 Å². The molecule has 0 atom stereocenters. The fourth-order valence-corrected chi connectivity index (χ4v) is 2.14. The van der Waals surface area contributed by atoms with E-state index in [9.17, 15) is 9.59 Å². The third-order valence-electron chi connectivity index (χ3n) is 3.35. The summed E-state index contributed by atoms with van der Waals surface area (Å²) in [6, 6.07) is 10.8. The van der Waals surface area contributed by atoms with Crippen LogP contribution in [0.15, 0.2) is 41.2 Å². The number of benzene rings is 1. The number of aromatic nitrogens is 2. The molecule has 0 fully saturated rings.